The lowest BCUT2D eigenvalue weighted by molar-refractivity contribution is -0.150. The molecule has 0 saturated heterocycles. The fourth-order valence-electron chi connectivity index (χ4n) is 3.03. The first kappa shape index (κ1) is 18.5. The molecule has 1 heterocycles. The number of hydrogen-bond acceptors (Lipinski definition) is 4. The number of esters is 1. The van der Waals surface area contributed by atoms with E-state index in [-0.39, 0.29) is 11.9 Å². The van der Waals surface area contributed by atoms with Crippen molar-refractivity contribution in [3.8, 4) is 0 Å². The normalized spacial score (nSPS) is 17.5. The molecular weight excluding hydrogens is 398 g/mol. The molecule has 1 aliphatic rings. The summed E-state index contributed by atoms with van der Waals surface area (Å²) < 4.78 is 11.0. The number of furan rings is 1. The third-order valence-corrected chi connectivity index (χ3v) is 4.75. The van der Waals surface area contributed by atoms with Crippen LogP contribution in [0.3, 0.4) is 0 Å². The van der Waals surface area contributed by atoms with Crippen LogP contribution in [0.4, 0.5) is 0 Å². The Balaban J connectivity index is 1.55. The summed E-state index contributed by atoms with van der Waals surface area (Å²) in [4.78, 5) is 24.3. The predicted molar refractivity (Wildman–Crippen MR) is 101 cm³/mol. The molecule has 2 atom stereocenters. The zero-order valence-electron chi connectivity index (χ0n) is 14.4. The molecule has 1 amide bonds. The lowest BCUT2D eigenvalue weighted by Gasteiger charge is -2.27. The number of rotatable bonds is 5. The summed E-state index contributed by atoms with van der Waals surface area (Å²) in [6.07, 6.45) is 4.80. The molecule has 0 bridgehead atoms. The summed E-state index contributed by atoms with van der Waals surface area (Å²) in [7, 11) is 0. The highest BCUT2D eigenvalue weighted by molar-refractivity contribution is 9.10. The highest BCUT2D eigenvalue weighted by atomic mass is 79.9. The maximum absolute atomic E-state index is 12.4. The Morgan fingerprint density at radius 1 is 1.31 bits per heavy atom. The predicted octanol–water partition coefficient (Wildman–Crippen LogP) is 4.18. The number of nitrogens with one attached hydrogen (secondary N) is 1. The Morgan fingerprint density at radius 2 is 2.12 bits per heavy atom. The Labute approximate surface area is 160 Å². The monoisotopic (exact) mass is 417 g/mol. The summed E-state index contributed by atoms with van der Waals surface area (Å²) in [5.74, 6) is -0.372. The van der Waals surface area contributed by atoms with Gasteiger partial charge in [-0.1, -0.05) is 24.3 Å². The van der Waals surface area contributed by atoms with Gasteiger partial charge in [0.25, 0.3) is 5.91 Å². The van der Waals surface area contributed by atoms with Crippen LogP contribution in [0.15, 0.2) is 51.6 Å². The lowest BCUT2D eigenvalue weighted by Crippen LogP contribution is -2.39. The van der Waals surface area contributed by atoms with Gasteiger partial charge >= 0.3 is 5.97 Å². The van der Waals surface area contributed by atoms with Gasteiger partial charge in [-0.3, -0.25) is 4.79 Å². The molecule has 0 spiro atoms. The fourth-order valence-corrected chi connectivity index (χ4v) is 3.35. The highest BCUT2D eigenvalue weighted by Gasteiger charge is 2.24. The molecule has 1 aromatic carbocycles. The van der Waals surface area contributed by atoms with Gasteiger partial charge in [0.2, 0.25) is 0 Å². The van der Waals surface area contributed by atoms with Crippen molar-refractivity contribution in [2.75, 3.05) is 0 Å². The number of fused-ring (bicyclic) bond motifs is 1. The topological polar surface area (TPSA) is 68.5 Å². The van der Waals surface area contributed by atoms with Gasteiger partial charge in [-0.15, -0.1) is 0 Å². The Bertz CT molecular complexity index is 827. The molecule has 1 aliphatic carbocycles. The molecule has 136 valence electrons. The minimum atomic E-state index is -0.871. The molecule has 2 aromatic rings. The Kier molecular flexibility index (Phi) is 5.93. The van der Waals surface area contributed by atoms with Crippen LogP contribution < -0.4 is 5.32 Å². The second-order valence-corrected chi connectivity index (χ2v) is 6.99. The number of carbonyl (C=O) groups excluding carboxylic acids is 2. The third kappa shape index (κ3) is 4.64. The van der Waals surface area contributed by atoms with Crippen LogP contribution >= 0.6 is 15.9 Å². The summed E-state index contributed by atoms with van der Waals surface area (Å²) >= 11 is 3.19. The lowest BCUT2D eigenvalue weighted by atomic mass is 9.87. The first-order valence-electron chi connectivity index (χ1n) is 8.55. The molecule has 1 N–H and O–H groups in total. The zero-order chi connectivity index (χ0) is 18.5. The fraction of sp³-hybridized carbons (Fsp3) is 0.300. The van der Waals surface area contributed by atoms with Crippen molar-refractivity contribution in [1.29, 1.82) is 0 Å². The van der Waals surface area contributed by atoms with Crippen molar-refractivity contribution in [3.05, 3.63) is 64.0 Å². The number of aryl methyl sites for hydroxylation is 1. The molecule has 0 fully saturated rings. The maximum atomic E-state index is 12.4. The van der Waals surface area contributed by atoms with Crippen LogP contribution in [0.2, 0.25) is 0 Å². The summed E-state index contributed by atoms with van der Waals surface area (Å²) in [5, 5.41) is 2.99. The highest BCUT2D eigenvalue weighted by Crippen LogP contribution is 2.29. The summed E-state index contributed by atoms with van der Waals surface area (Å²) in [6.45, 7) is 1.57. The molecule has 5 nitrogen and oxygen atoms in total. The zero-order valence-corrected chi connectivity index (χ0v) is 16.0. The van der Waals surface area contributed by atoms with E-state index in [1.54, 1.807) is 19.1 Å². The molecular formula is C20H20BrNO4. The van der Waals surface area contributed by atoms with Crippen molar-refractivity contribution >= 4 is 33.9 Å². The smallest absolute Gasteiger partial charge is 0.331 e. The van der Waals surface area contributed by atoms with Gasteiger partial charge in [0.05, 0.1) is 6.04 Å². The van der Waals surface area contributed by atoms with Gasteiger partial charge in [0.1, 0.15) is 5.76 Å². The molecule has 6 heteroatoms. The van der Waals surface area contributed by atoms with Crippen molar-refractivity contribution < 1.29 is 18.7 Å². The second-order valence-electron chi connectivity index (χ2n) is 6.21. The first-order chi connectivity index (χ1) is 12.5. The minimum Gasteiger partial charge on any atom is -0.450 e. The van der Waals surface area contributed by atoms with Gasteiger partial charge < -0.3 is 14.5 Å². The van der Waals surface area contributed by atoms with E-state index >= 15 is 0 Å². The van der Waals surface area contributed by atoms with Crippen molar-refractivity contribution in [2.24, 2.45) is 0 Å². The van der Waals surface area contributed by atoms with Gasteiger partial charge in [-0.25, -0.2) is 4.79 Å². The van der Waals surface area contributed by atoms with E-state index in [4.69, 9.17) is 9.15 Å². The minimum absolute atomic E-state index is 0.0374. The molecule has 1 aromatic heterocycles. The van der Waals surface area contributed by atoms with E-state index < -0.39 is 12.1 Å². The van der Waals surface area contributed by atoms with Crippen molar-refractivity contribution in [3.63, 3.8) is 0 Å². The third-order valence-electron chi connectivity index (χ3n) is 4.33. The van der Waals surface area contributed by atoms with Crippen LogP contribution in [-0.4, -0.2) is 18.0 Å². The summed E-state index contributed by atoms with van der Waals surface area (Å²) in [5.41, 5.74) is 2.41. The quantitative estimate of drug-likeness (QED) is 0.584. The SMILES string of the molecule is C[C@H](OC(=O)/C=C/c1ccc(Br)o1)C(=O)N[C@@H]1CCCc2ccccc21. The van der Waals surface area contributed by atoms with Crippen molar-refractivity contribution in [2.45, 2.75) is 38.3 Å². The van der Waals surface area contributed by atoms with E-state index in [9.17, 15) is 9.59 Å². The molecule has 0 aliphatic heterocycles. The first-order valence-corrected chi connectivity index (χ1v) is 9.34. The standard InChI is InChI=1S/C20H20BrNO4/c1-13(25-19(23)12-10-15-9-11-18(21)26-15)20(24)22-17-8-4-6-14-5-2-3-7-16(14)17/h2-3,5,7,9-13,17H,4,6,8H2,1H3,(H,22,24)/b12-10+/t13-,17+/m0/s1. The number of benzene rings is 1. The Morgan fingerprint density at radius 3 is 2.88 bits per heavy atom. The molecule has 3 rings (SSSR count). The number of halogens is 1. The van der Waals surface area contributed by atoms with E-state index in [1.165, 1.54) is 17.7 Å². The average Bonchev–Trinajstić information content (AvgIpc) is 3.05. The van der Waals surface area contributed by atoms with Gasteiger partial charge in [-0.2, -0.15) is 0 Å². The largest absolute Gasteiger partial charge is 0.450 e. The second kappa shape index (κ2) is 8.36. The van der Waals surface area contributed by atoms with Crippen LogP contribution in [0, 0.1) is 0 Å². The van der Waals surface area contributed by atoms with E-state index in [0.29, 0.717) is 10.4 Å². The van der Waals surface area contributed by atoms with Crippen molar-refractivity contribution in [1.82, 2.24) is 5.32 Å². The van der Waals surface area contributed by atoms with Gasteiger partial charge in [0.15, 0.2) is 10.8 Å². The van der Waals surface area contributed by atoms with E-state index in [1.807, 2.05) is 18.2 Å². The van der Waals surface area contributed by atoms with E-state index in [2.05, 4.69) is 27.3 Å². The molecule has 0 unspecified atom stereocenters. The van der Waals surface area contributed by atoms with Gasteiger partial charge in [-0.05, 0) is 71.5 Å². The number of ether oxygens (including phenoxy) is 1. The van der Waals surface area contributed by atoms with E-state index in [0.717, 1.165) is 24.8 Å². The number of amides is 1. The average molecular weight is 418 g/mol. The number of carbonyl (C=O) groups is 2. The molecule has 0 saturated carbocycles. The van der Waals surface area contributed by atoms with Crippen LogP contribution in [0.5, 0.6) is 0 Å². The Hall–Kier alpha value is -2.34. The maximum Gasteiger partial charge on any atom is 0.331 e. The molecule has 26 heavy (non-hydrogen) atoms. The van der Waals surface area contributed by atoms with Gasteiger partial charge in [0, 0.05) is 6.08 Å². The molecule has 0 radical (unpaired) electrons. The van der Waals surface area contributed by atoms with Crippen LogP contribution in [0.25, 0.3) is 6.08 Å². The van der Waals surface area contributed by atoms with Crippen LogP contribution in [0.1, 0.15) is 42.7 Å². The number of hydrogen-bond donors (Lipinski definition) is 1. The van der Waals surface area contributed by atoms with Crippen LogP contribution in [-0.2, 0) is 20.7 Å². The summed E-state index contributed by atoms with van der Waals surface area (Å²) in [6, 6.07) is 11.5.